The van der Waals surface area contributed by atoms with Crippen molar-refractivity contribution in [1.29, 1.82) is 0 Å². The van der Waals surface area contributed by atoms with E-state index in [2.05, 4.69) is 24.1 Å². The van der Waals surface area contributed by atoms with Crippen molar-refractivity contribution >= 4 is 10.9 Å². The largest absolute Gasteiger partial charge is 0.361 e. The Hall–Kier alpha value is -1.35. The first-order chi connectivity index (χ1) is 7.16. The molecule has 0 fully saturated rings. The van der Waals surface area contributed by atoms with Crippen molar-refractivity contribution in [3.8, 4) is 0 Å². The summed E-state index contributed by atoms with van der Waals surface area (Å²) in [6, 6.07) is 5.24. The lowest BCUT2D eigenvalue weighted by atomic mass is 10.1. The Labute approximate surface area is 88.5 Å². The Morgan fingerprint density at radius 1 is 1.40 bits per heavy atom. The average Bonchev–Trinajstić information content (AvgIpc) is 2.57. The molecular weight excluding hydrogens is 191 g/mol. The van der Waals surface area contributed by atoms with Crippen LogP contribution in [-0.2, 0) is 6.54 Å². The van der Waals surface area contributed by atoms with Gasteiger partial charge in [-0.3, -0.25) is 0 Å². The smallest absolute Gasteiger partial charge is 0.123 e. The number of nitrogens with one attached hydrogen (secondary N) is 2. The van der Waals surface area contributed by atoms with Crippen molar-refractivity contribution in [2.75, 3.05) is 0 Å². The van der Waals surface area contributed by atoms with Gasteiger partial charge >= 0.3 is 0 Å². The van der Waals surface area contributed by atoms with Gasteiger partial charge in [0.05, 0.1) is 0 Å². The zero-order chi connectivity index (χ0) is 10.8. The van der Waals surface area contributed by atoms with Gasteiger partial charge in [-0.15, -0.1) is 0 Å². The van der Waals surface area contributed by atoms with E-state index in [0.29, 0.717) is 6.04 Å². The second kappa shape index (κ2) is 4.03. The van der Waals surface area contributed by atoms with Crippen LogP contribution in [0.25, 0.3) is 10.9 Å². The first-order valence-corrected chi connectivity index (χ1v) is 5.15. The summed E-state index contributed by atoms with van der Waals surface area (Å²) in [5, 5.41) is 4.28. The first-order valence-electron chi connectivity index (χ1n) is 5.15. The standard InChI is InChI=1S/C12H15FN2/c1-8(2)14-6-9-7-15-12-4-3-10(13)5-11(9)12/h3-5,7-8,14-15H,6H2,1-2H3. The van der Waals surface area contributed by atoms with E-state index in [9.17, 15) is 4.39 Å². The van der Waals surface area contributed by atoms with Crippen LogP contribution in [0.15, 0.2) is 24.4 Å². The molecule has 0 aliphatic carbocycles. The molecule has 0 amide bonds. The molecule has 0 atom stereocenters. The van der Waals surface area contributed by atoms with E-state index in [4.69, 9.17) is 0 Å². The van der Waals surface area contributed by atoms with E-state index >= 15 is 0 Å². The van der Waals surface area contributed by atoms with Gasteiger partial charge in [-0.2, -0.15) is 0 Å². The molecule has 2 rings (SSSR count). The Kier molecular flexibility index (Phi) is 2.73. The zero-order valence-corrected chi connectivity index (χ0v) is 8.97. The Morgan fingerprint density at radius 2 is 2.20 bits per heavy atom. The lowest BCUT2D eigenvalue weighted by Gasteiger charge is -2.06. The highest BCUT2D eigenvalue weighted by molar-refractivity contribution is 5.83. The monoisotopic (exact) mass is 206 g/mol. The SMILES string of the molecule is CC(C)NCc1c[nH]c2ccc(F)cc12. The van der Waals surface area contributed by atoms with Crippen LogP contribution in [0.4, 0.5) is 4.39 Å². The topological polar surface area (TPSA) is 27.8 Å². The number of rotatable bonds is 3. The molecule has 0 unspecified atom stereocenters. The number of benzene rings is 1. The van der Waals surface area contributed by atoms with Crippen LogP contribution in [0.1, 0.15) is 19.4 Å². The van der Waals surface area contributed by atoms with Gasteiger partial charge in [0.15, 0.2) is 0 Å². The van der Waals surface area contributed by atoms with Gasteiger partial charge in [0.25, 0.3) is 0 Å². The highest BCUT2D eigenvalue weighted by Gasteiger charge is 2.04. The van der Waals surface area contributed by atoms with Crippen molar-refractivity contribution in [2.24, 2.45) is 0 Å². The van der Waals surface area contributed by atoms with E-state index in [-0.39, 0.29) is 5.82 Å². The minimum atomic E-state index is -0.187. The second-order valence-corrected chi connectivity index (χ2v) is 4.04. The van der Waals surface area contributed by atoms with Crippen molar-refractivity contribution in [3.05, 3.63) is 35.8 Å². The predicted molar refractivity (Wildman–Crippen MR) is 60.2 cm³/mol. The highest BCUT2D eigenvalue weighted by atomic mass is 19.1. The molecule has 0 bridgehead atoms. The number of halogens is 1. The van der Waals surface area contributed by atoms with Gasteiger partial charge in [-0.25, -0.2) is 4.39 Å². The quantitative estimate of drug-likeness (QED) is 0.794. The fourth-order valence-electron chi connectivity index (χ4n) is 1.61. The van der Waals surface area contributed by atoms with E-state index in [1.54, 1.807) is 12.1 Å². The molecule has 1 heterocycles. The predicted octanol–water partition coefficient (Wildman–Crippen LogP) is 2.81. The maximum Gasteiger partial charge on any atom is 0.123 e. The molecular formula is C12H15FN2. The Bertz CT molecular complexity index is 460. The highest BCUT2D eigenvalue weighted by Crippen LogP contribution is 2.19. The molecule has 80 valence electrons. The fourth-order valence-corrected chi connectivity index (χ4v) is 1.61. The Balaban J connectivity index is 2.31. The molecule has 0 aliphatic rings. The Morgan fingerprint density at radius 3 is 2.93 bits per heavy atom. The summed E-state index contributed by atoms with van der Waals surface area (Å²) in [5.74, 6) is -0.187. The fraction of sp³-hybridized carbons (Fsp3) is 0.333. The number of hydrogen-bond donors (Lipinski definition) is 2. The number of hydrogen-bond acceptors (Lipinski definition) is 1. The molecule has 0 saturated heterocycles. The van der Waals surface area contributed by atoms with Crippen LogP contribution in [0.2, 0.25) is 0 Å². The molecule has 2 N–H and O–H groups in total. The lowest BCUT2D eigenvalue weighted by molar-refractivity contribution is 0.590. The summed E-state index contributed by atoms with van der Waals surface area (Å²) in [7, 11) is 0. The number of aromatic nitrogens is 1. The van der Waals surface area contributed by atoms with E-state index in [0.717, 1.165) is 23.0 Å². The van der Waals surface area contributed by atoms with Crippen molar-refractivity contribution in [2.45, 2.75) is 26.4 Å². The lowest BCUT2D eigenvalue weighted by Crippen LogP contribution is -2.21. The minimum Gasteiger partial charge on any atom is -0.361 e. The molecule has 0 radical (unpaired) electrons. The minimum absolute atomic E-state index is 0.187. The van der Waals surface area contributed by atoms with E-state index in [1.807, 2.05) is 6.20 Å². The average molecular weight is 206 g/mol. The third-order valence-electron chi connectivity index (χ3n) is 2.43. The van der Waals surface area contributed by atoms with Crippen LogP contribution in [0, 0.1) is 5.82 Å². The number of aromatic amines is 1. The molecule has 0 saturated carbocycles. The van der Waals surface area contributed by atoms with E-state index in [1.165, 1.54) is 6.07 Å². The van der Waals surface area contributed by atoms with Crippen LogP contribution in [-0.4, -0.2) is 11.0 Å². The normalized spacial score (nSPS) is 11.5. The molecule has 3 heteroatoms. The second-order valence-electron chi connectivity index (χ2n) is 4.04. The molecule has 1 aromatic heterocycles. The molecule has 0 aliphatic heterocycles. The van der Waals surface area contributed by atoms with Crippen LogP contribution in [0.5, 0.6) is 0 Å². The first kappa shape index (κ1) is 10.2. The van der Waals surface area contributed by atoms with E-state index < -0.39 is 0 Å². The zero-order valence-electron chi connectivity index (χ0n) is 8.97. The summed E-state index contributed by atoms with van der Waals surface area (Å²) < 4.78 is 13.1. The maximum absolute atomic E-state index is 13.1. The van der Waals surface area contributed by atoms with Gasteiger partial charge < -0.3 is 10.3 Å². The third kappa shape index (κ3) is 2.18. The van der Waals surface area contributed by atoms with Gasteiger partial charge in [-0.1, -0.05) is 13.8 Å². The maximum atomic E-state index is 13.1. The summed E-state index contributed by atoms with van der Waals surface area (Å²) in [4.78, 5) is 3.13. The van der Waals surface area contributed by atoms with Crippen LogP contribution < -0.4 is 5.32 Å². The summed E-state index contributed by atoms with van der Waals surface area (Å²) in [5.41, 5.74) is 2.09. The van der Waals surface area contributed by atoms with Crippen LogP contribution in [0.3, 0.4) is 0 Å². The summed E-state index contributed by atoms with van der Waals surface area (Å²) in [6.45, 7) is 4.95. The number of H-pyrrole nitrogens is 1. The van der Waals surface area contributed by atoms with Crippen molar-refractivity contribution in [1.82, 2.24) is 10.3 Å². The van der Waals surface area contributed by atoms with Gasteiger partial charge in [-0.05, 0) is 23.8 Å². The molecule has 2 aromatic rings. The van der Waals surface area contributed by atoms with Gasteiger partial charge in [0.2, 0.25) is 0 Å². The molecule has 0 spiro atoms. The van der Waals surface area contributed by atoms with Gasteiger partial charge in [0, 0.05) is 29.7 Å². The molecule has 1 aromatic carbocycles. The number of fused-ring (bicyclic) bond motifs is 1. The molecule has 2 nitrogen and oxygen atoms in total. The van der Waals surface area contributed by atoms with Crippen molar-refractivity contribution in [3.63, 3.8) is 0 Å². The summed E-state index contributed by atoms with van der Waals surface area (Å²) in [6.07, 6.45) is 1.93. The van der Waals surface area contributed by atoms with Gasteiger partial charge in [0.1, 0.15) is 5.82 Å². The summed E-state index contributed by atoms with van der Waals surface area (Å²) >= 11 is 0. The molecule has 15 heavy (non-hydrogen) atoms. The van der Waals surface area contributed by atoms with Crippen LogP contribution >= 0.6 is 0 Å². The van der Waals surface area contributed by atoms with Crippen molar-refractivity contribution < 1.29 is 4.39 Å². The third-order valence-corrected chi connectivity index (χ3v) is 2.43.